The predicted octanol–water partition coefficient (Wildman–Crippen LogP) is -2.96. The number of nitrogens with two attached hydrogens (primary N) is 1. The Labute approximate surface area is 306 Å². The smallest absolute Gasteiger partial charge is 0.248 e. The van der Waals surface area contributed by atoms with Crippen molar-refractivity contribution in [3.63, 3.8) is 0 Å². The quantitative estimate of drug-likeness (QED) is 0.118. The number of hydrogen-bond donors (Lipinski definition) is 7. The number of hydrogen-bond acceptors (Lipinski definition) is 12. The Hall–Kier alpha value is -3.22. The van der Waals surface area contributed by atoms with E-state index in [1.54, 1.807) is 16.7 Å². The van der Waals surface area contributed by atoms with Crippen LogP contribution < -0.4 is 21.7 Å². The van der Waals surface area contributed by atoms with E-state index >= 15 is 0 Å². The lowest BCUT2D eigenvalue weighted by Gasteiger charge is -2.50. The summed E-state index contributed by atoms with van der Waals surface area (Å²) in [5.74, 6) is -1.08. The Bertz CT molecular complexity index is 1350. The minimum atomic E-state index is -0.930. The molecule has 7 rings (SSSR count). The average Bonchev–Trinajstić information content (AvgIpc) is 3.92. The summed E-state index contributed by atoms with van der Waals surface area (Å²) in [6, 6.07) is -2.26. The molecule has 8 atom stereocenters. The van der Waals surface area contributed by atoms with Gasteiger partial charge in [0.25, 0.3) is 0 Å². The zero-order chi connectivity index (χ0) is 37.3. The van der Waals surface area contributed by atoms with E-state index < -0.39 is 52.9 Å². The second-order valence-corrected chi connectivity index (χ2v) is 15.3. The number of ketones is 1. The van der Waals surface area contributed by atoms with Gasteiger partial charge in [0, 0.05) is 32.7 Å². The molecule has 0 aromatic carbocycles. The minimum absolute atomic E-state index is 0. The van der Waals surface area contributed by atoms with Crippen molar-refractivity contribution in [1.82, 2.24) is 35.6 Å². The van der Waals surface area contributed by atoms with Crippen LogP contribution in [-0.2, 0) is 28.8 Å². The second kappa shape index (κ2) is 16.4. The van der Waals surface area contributed by atoms with Gasteiger partial charge in [-0.3, -0.25) is 28.8 Å². The highest BCUT2D eigenvalue weighted by Crippen LogP contribution is 2.36. The Balaban J connectivity index is 0.000000175. The summed E-state index contributed by atoms with van der Waals surface area (Å²) in [4.78, 5) is 77.4. The van der Waals surface area contributed by atoms with E-state index in [2.05, 4.69) is 16.0 Å². The molecule has 8 N–H and O–H groups in total. The summed E-state index contributed by atoms with van der Waals surface area (Å²) in [7, 11) is 0. The highest BCUT2D eigenvalue weighted by atomic mass is 16.3. The van der Waals surface area contributed by atoms with Crippen LogP contribution in [0.2, 0.25) is 0 Å². The van der Waals surface area contributed by atoms with Crippen LogP contribution in [0.15, 0.2) is 0 Å². The number of nitrogens with one attached hydrogen (secondary N) is 3. The van der Waals surface area contributed by atoms with Crippen molar-refractivity contribution in [3.8, 4) is 0 Å². The third-order valence-corrected chi connectivity index (χ3v) is 11.6. The first-order valence-corrected chi connectivity index (χ1v) is 18.4. The lowest BCUT2D eigenvalue weighted by Crippen LogP contribution is -2.76. The van der Waals surface area contributed by atoms with Crippen LogP contribution in [0.5, 0.6) is 0 Å². The lowest BCUT2D eigenvalue weighted by molar-refractivity contribution is -0.167. The van der Waals surface area contributed by atoms with Crippen LogP contribution in [0.1, 0.15) is 79.6 Å². The van der Waals surface area contributed by atoms with Gasteiger partial charge in [-0.25, -0.2) is 0 Å². The molecule has 0 bridgehead atoms. The van der Waals surface area contributed by atoms with Crippen molar-refractivity contribution in [2.75, 3.05) is 59.0 Å². The SMILES string of the molecule is C.CC(=O)C(CO)N1CC2(CCCN2)C1=O.CC(O)C(C(=O)N1CCCC1)N1CC2(CCCN2)C1=O.CC(O)C(C(N)=O)N1CC2(CCCN2)C1=O. The molecule has 7 aliphatic heterocycles. The van der Waals surface area contributed by atoms with Crippen LogP contribution in [0.3, 0.4) is 0 Å². The molecule has 0 saturated carbocycles. The monoisotopic (exact) mass is 736 g/mol. The average molecular weight is 737 g/mol. The van der Waals surface area contributed by atoms with Crippen LogP contribution >= 0.6 is 0 Å². The minimum Gasteiger partial charge on any atom is -0.394 e. The maximum Gasteiger partial charge on any atom is 0.248 e. The van der Waals surface area contributed by atoms with Gasteiger partial charge >= 0.3 is 0 Å². The fourth-order valence-corrected chi connectivity index (χ4v) is 8.74. The largest absolute Gasteiger partial charge is 0.394 e. The van der Waals surface area contributed by atoms with Gasteiger partial charge < -0.3 is 56.6 Å². The van der Waals surface area contributed by atoms with Crippen molar-refractivity contribution >= 4 is 35.3 Å². The molecular formula is C35H60N8O9. The number of rotatable bonds is 9. The van der Waals surface area contributed by atoms with Gasteiger partial charge in [0.15, 0.2) is 5.78 Å². The summed E-state index contributed by atoms with van der Waals surface area (Å²) in [6.07, 6.45) is 5.72. The second-order valence-electron chi connectivity index (χ2n) is 15.3. The van der Waals surface area contributed by atoms with Gasteiger partial charge in [-0.2, -0.15) is 0 Å². The van der Waals surface area contributed by atoms with E-state index in [0.29, 0.717) is 19.6 Å². The first-order chi connectivity index (χ1) is 24.1. The number of aliphatic hydroxyl groups is 3. The van der Waals surface area contributed by atoms with Gasteiger partial charge in [-0.05, 0) is 91.8 Å². The molecule has 17 nitrogen and oxygen atoms in total. The maximum atomic E-state index is 12.5. The molecule has 0 aliphatic carbocycles. The van der Waals surface area contributed by atoms with E-state index in [0.717, 1.165) is 84.1 Å². The number of primary amides is 1. The molecule has 0 aromatic rings. The fourth-order valence-electron chi connectivity index (χ4n) is 8.74. The first-order valence-electron chi connectivity index (χ1n) is 18.4. The maximum absolute atomic E-state index is 12.5. The van der Waals surface area contributed by atoms with E-state index in [1.165, 1.54) is 23.6 Å². The number of aliphatic hydroxyl groups excluding tert-OH is 3. The molecule has 294 valence electrons. The van der Waals surface area contributed by atoms with E-state index in [1.807, 2.05) is 0 Å². The zero-order valence-electron chi connectivity index (χ0n) is 30.1. The summed E-state index contributed by atoms with van der Waals surface area (Å²) in [6.45, 7) is 9.79. The summed E-state index contributed by atoms with van der Waals surface area (Å²) in [5, 5.41) is 38.1. The van der Waals surface area contributed by atoms with Crippen LogP contribution in [0.25, 0.3) is 0 Å². The molecule has 3 spiro atoms. The molecule has 7 heterocycles. The lowest BCUT2D eigenvalue weighted by atomic mass is 9.84. The van der Waals surface area contributed by atoms with Crippen molar-refractivity contribution in [1.29, 1.82) is 0 Å². The van der Waals surface area contributed by atoms with Crippen molar-refractivity contribution in [2.24, 2.45) is 5.73 Å². The molecule has 8 unspecified atom stereocenters. The van der Waals surface area contributed by atoms with E-state index in [-0.39, 0.29) is 43.4 Å². The number of Topliss-reactive ketones (excluding diaryl/α,β-unsaturated/α-hetero) is 1. The van der Waals surface area contributed by atoms with Gasteiger partial charge in [0.2, 0.25) is 29.5 Å². The highest BCUT2D eigenvalue weighted by molar-refractivity contribution is 5.99. The molecule has 7 aliphatic rings. The topological polar surface area (TPSA) is 238 Å². The van der Waals surface area contributed by atoms with E-state index in [9.17, 15) is 39.0 Å². The Morgan fingerprint density at radius 1 is 0.712 bits per heavy atom. The standard InChI is InChI=1S/C14H23N3O3.C10H17N3O3.C10H16N2O3.CH4/c1-10(18)11(12(19)16-7-2-3-8-16)17-9-14(13(17)20)5-4-6-15-14;1-6(14)7(8(11)15)13-5-10(9(13)16)3-2-4-12-10;1-7(14)8(5-13)12-6-10(9(12)15)3-2-4-11-10;/h10-11,15,18H,2-9H2,1H3;6-7,12,14H,2-5H2,1H3,(H2,11,15);8,11,13H,2-6H2,1H3;1H4. The molecule has 17 heteroatoms. The number of β-lactam (4-membered cyclic amide) rings is 3. The third kappa shape index (κ3) is 7.57. The first kappa shape index (κ1) is 41.5. The van der Waals surface area contributed by atoms with Gasteiger partial charge in [-0.1, -0.05) is 7.43 Å². The number of nitrogens with zero attached hydrogens (tertiary/aromatic N) is 4. The van der Waals surface area contributed by atoms with Crippen molar-refractivity contribution < 1.29 is 44.1 Å². The molecular weight excluding hydrogens is 676 g/mol. The molecule has 5 amide bonds. The van der Waals surface area contributed by atoms with Gasteiger partial charge in [0.1, 0.15) is 34.7 Å². The fraction of sp³-hybridized carbons (Fsp3) is 0.829. The highest BCUT2D eigenvalue weighted by Gasteiger charge is 2.59. The molecule has 0 radical (unpaired) electrons. The summed E-state index contributed by atoms with van der Waals surface area (Å²) >= 11 is 0. The number of amides is 5. The van der Waals surface area contributed by atoms with Crippen LogP contribution in [0, 0.1) is 0 Å². The van der Waals surface area contributed by atoms with E-state index in [4.69, 9.17) is 10.8 Å². The van der Waals surface area contributed by atoms with Crippen molar-refractivity contribution in [2.45, 2.75) is 127 Å². The molecule has 52 heavy (non-hydrogen) atoms. The molecule has 7 saturated heterocycles. The van der Waals surface area contributed by atoms with Crippen molar-refractivity contribution in [3.05, 3.63) is 0 Å². The Morgan fingerprint density at radius 2 is 1.10 bits per heavy atom. The third-order valence-electron chi connectivity index (χ3n) is 11.6. The predicted molar refractivity (Wildman–Crippen MR) is 189 cm³/mol. The Morgan fingerprint density at radius 3 is 1.38 bits per heavy atom. The van der Waals surface area contributed by atoms with Crippen LogP contribution in [0.4, 0.5) is 0 Å². The van der Waals surface area contributed by atoms with Gasteiger partial charge in [0.05, 0.1) is 18.8 Å². The normalized spacial score (nSPS) is 31.8. The van der Waals surface area contributed by atoms with Crippen LogP contribution in [-0.4, -0.2) is 176 Å². The number of carbonyl (C=O) groups is 6. The summed E-state index contributed by atoms with van der Waals surface area (Å²) in [5.41, 5.74) is 3.84. The number of likely N-dealkylation sites (tertiary alicyclic amines) is 4. The number of carbonyl (C=O) groups excluding carboxylic acids is 6. The molecule has 0 aromatic heterocycles. The van der Waals surface area contributed by atoms with Gasteiger partial charge in [-0.15, -0.1) is 0 Å². The molecule has 7 fully saturated rings. The zero-order valence-corrected chi connectivity index (χ0v) is 30.1. The Kier molecular flexibility index (Phi) is 13.1. The summed E-state index contributed by atoms with van der Waals surface area (Å²) < 4.78 is 0.